The molecule has 0 amide bonds. The Labute approximate surface area is 127 Å². The van der Waals surface area contributed by atoms with Gasteiger partial charge in [-0.1, -0.05) is 6.07 Å². The number of nitrogens with zero attached hydrogens (tertiary/aromatic N) is 1. The molecule has 0 aliphatic carbocycles. The molecule has 4 nitrogen and oxygen atoms in total. The topological polar surface area (TPSA) is 60.2 Å². The summed E-state index contributed by atoms with van der Waals surface area (Å²) >= 11 is 3.51. The fourth-order valence-electron chi connectivity index (χ4n) is 2.31. The van der Waals surface area contributed by atoms with E-state index in [1.807, 2.05) is 38.2 Å². The molecule has 0 bridgehead atoms. The summed E-state index contributed by atoms with van der Waals surface area (Å²) < 4.78 is 6.18. The van der Waals surface area contributed by atoms with Crippen molar-refractivity contribution in [2.45, 2.75) is 13.0 Å². The van der Waals surface area contributed by atoms with Crippen molar-refractivity contribution in [3.63, 3.8) is 0 Å². The number of nitrogens with one attached hydrogen (secondary N) is 1. The van der Waals surface area contributed by atoms with E-state index in [0.717, 1.165) is 26.9 Å². The Kier molecular flexibility index (Phi) is 4.62. The van der Waals surface area contributed by atoms with E-state index in [1.165, 1.54) is 0 Å². The molecule has 20 heavy (non-hydrogen) atoms. The van der Waals surface area contributed by atoms with Crippen molar-refractivity contribution in [1.29, 1.82) is 0 Å². The van der Waals surface area contributed by atoms with E-state index < -0.39 is 0 Å². The van der Waals surface area contributed by atoms with Gasteiger partial charge in [-0.25, -0.2) is 4.98 Å². The van der Waals surface area contributed by atoms with Gasteiger partial charge in [-0.3, -0.25) is 0 Å². The van der Waals surface area contributed by atoms with Gasteiger partial charge in [0, 0.05) is 11.8 Å². The fourth-order valence-corrected chi connectivity index (χ4v) is 2.86. The zero-order valence-electron chi connectivity index (χ0n) is 11.8. The number of hydrogen-bond donors (Lipinski definition) is 2. The number of pyridine rings is 1. The average Bonchev–Trinajstić information content (AvgIpc) is 2.43. The predicted octanol–water partition coefficient (Wildman–Crippen LogP) is 3.05. The second kappa shape index (κ2) is 6.24. The molecule has 0 radical (unpaired) electrons. The zero-order valence-corrected chi connectivity index (χ0v) is 13.4. The lowest BCUT2D eigenvalue weighted by molar-refractivity contribution is 0.412. The standard InChI is InChI=1S/C15H18BrN3O/c1-9-6-7-19-15(17)13(9)14(18-2)10-4-5-12(20-3)11(16)8-10/h4-8,14,18H,1-3H3,(H2,17,19). The quantitative estimate of drug-likeness (QED) is 0.901. The van der Waals surface area contributed by atoms with Crippen molar-refractivity contribution < 1.29 is 4.74 Å². The number of aryl methyl sites for hydroxylation is 1. The molecule has 1 atom stereocenters. The number of ether oxygens (including phenoxy) is 1. The van der Waals surface area contributed by atoms with Crippen LogP contribution in [0.3, 0.4) is 0 Å². The number of nitrogen functional groups attached to an aromatic ring is 1. The first-order valence-corrected chi connectivity index (χ1v) is 7.09. The minimum absolute atomic E-state index is 0.00842. The zero-order chi connectivity index (χ0) is 14.7. The molecule has 0 aliphatic heterocycles. The van der Waals surface area contributed by atoms with Gasteiger partial charge in [0.05, 0.1) is 17.6 Å². The molecule has 1 heterocycles. The van der Waals surface area contributed by atoms with Gasteiger partial charge in [-0.2, -0.15) is 0 Å². The minimum Gasteiger partial charge on any atom is -0.496 e. The van der Waals surface area contributed by atoms with E-state index in [1.54, 1.807) is 13.3 Å². The summed E-state index contributed by atoms with van der Waals surface area (Å²) in [6, 6.07) is 7.95. The van der Waals surface area contributed by atoms with E-state index in [0.29, 0.717) is 5.82 Å². The average molecular weight is 336 g/mol. The fraction of sp³-hybridized carbons (Fsp3) is 0.267. The van der Waals surface area contributed by atoms with Crippen molar-refractivity contribution in [3.05, 3.63) is 51.6 Å². The van der Waals surface area contributed by atoms with Crippen LogP contribution in [-0.2, 0) is 0 Å². The maximum absolute atomic E-state index is 6.04. The third-order valence-electron chi connectivity index (χ3n) is 3.33. The van der Waals surface area contributed by atoms with Gasteiger partial charge in [0.1, 0.15) is 11.6 Å². The molecular weight excluding hydrogens is 318 g/mol. The van der Waals surface area contributed by atoms with Gasteiger partial charge >= 0.3 is 0 Å². The molecule has 2 rings (SSSR count). The van der Waals surface area contributed by atoms with Gasteiger partial charge in [0.2, 0.25) is 0 Å². The minimum atomic E-state index is -0.00842. The smallest absolute Gasteiger partial charge is 0.133 e. The van der Waals surface area contributed by atoms with Crippen LogP contribution in [0.5, 0.6) is 5.75 Å². The van der Waals surface area contributed by atoms with Gasteiger partial charge in [0.25, 0.3) is 0 Å². The van der Waals surface area contributed by atoms with E-state index in [2.05, 4.69) is 26.2 Å². The first kappa shape index (κ1) is 14.8. The molecule has 0 saturated heterocycles. The molecule has 3 N–H and O–H groups in total. The van der Waals surface area contributed by atoms with Gasteiger partial charge < -0.3 is 15.8 Å². The second-order valence-corrected chi connectivity index (χ2v) is 5.40. The van der Waals surface area contributed by atoms with Crippen LogP contribution in [0.15, 0.2) is 34.9 Å². The summed E-state index contributed by atoms with van der Waals surface area (Å²) in [6.45, 7) is 2.04. The molecular formula is C15H18BrN3O. The highest BCUT2D eigenvalue weighted by Gasteiger charge is 2.18. The summed E-state index contributed by atoms with van der Waals surface area (Å²) in [5.74, 6) is 1.36. The highest BCUT2D eigenvalue weighted by molar-refractivity contribution is 9.10. The van der Waals surface area contributed by atoms with Crippen molar-refractivity contribution >= 4 is 21.7 Å². The number of rotatable bonds is 4. The van der Waals surface area contributed by atoms with Crippen LogP contribution >= 0.6 is 15.9 Å². The lowest BCUT2D eigenvalue weighted by Gasteiger charge is -2.21. The maximum Gasteiger partial charge on any atom is 0.133 e. The maximum atomic E-state index is 6.04. The Bertz CT molecular complexity index is 596. The molecule has 2 aromatic rings. The van der Waals surface area contributed by atoms with E-state index in [-0.39, 0.29) is 6.04 Å². The van der Waals surface area contributed by atoms with Crippen molar-refractivity contribution in [2.75, 3.05) is 19.9 Å². The largest absolute Gasteiger partial charge is 0.496 e. The van der Waals surface area contributed by atoms with Crippen LogP contribution in [0, 0.1) is 6.92 Å². The summed E-state index contributed by atoms with van der Waals surface area (Å²) in [7, 11) is 3.56. The van der Waals surface area contributed by atoms with E-state index in [9.17, 15) is 0 Å². The number of methoxy groups -OCH3 is 1. The Morgan fingerprint density at radius 2 is 2.10 bits per heavy atom. The number of benzene rings is 1. The molecule has 1 aromatic carbocycles. The molecule has 0 saturated carbocycles. The predicted molar refractivity (Wildman–Crippen MR) is 85.0 cm³/mol. The Morgan fingerprint density at radius 1 is 1.35 bits per heavy atom. The summed E-state index contributed by atoms with van der Waals surface area (Å²) in [5.41, 5.74) is 9.26. The highest BCUT2D eigenvalue weighted by Crippen LogP contribution is 2.33. The van der Waals surface area contributed by atoms with E-state index in [4.69, 9.17) is 10.5 Å². The third kappa shape index (κ3) is 2.78. The van der Waals surface area contributed by atoms with Crippen LogP contribution in [0.4, 0.5) is 5.82 Å². The monoisotopic (exact) mass is 335 g/mol. The molecule has 0 fully saturated rings. The lowest BCUT2D eigenvalue weighted by Crippen LogP contribution is -2.20. The molecule has 1 unspecified atom stereocenters. The normalized spacial score (nSPS) is 12.2. The van der Waals surface area contributed by atoms with Crippen LogP contribution in [0.1, 0.15) is 22.7 Å². The second-order valence-electron chi connectivity index (χ2n) is 4.54. The molecule has 0 spiro atoms. The van der Waals surface area contributed by atoms with E-state index >= 15 is 0 Å². The van der Waals surface area contributed by atoms with Crippen molar-refractivity contribution in [1.82, 2.24) is 10.3 Å². The van der Waals surface area contributed by atoms with Crippen LogP contribution in [0.25, 0.3) is 0 Å². The number of hydrogen-bond acceptors (Lipinski definition) is 4. The number of halogens is 1. The SMILES string of the molecule is CNC(c1ccc(OC)c(Br)c1)c1c(C)ccnc1N. The first-order valence-electron chi connectivity index (χ1n) is 6.30. The Balaban J connectivity index is 2.50. The number of nitrogens with two attached hydrogens (primary N) is 1. The van der Waals surface area contributed by atoms with Gasteiger partial charge in [0.15, 0.2) is 0 Å². The van der Waals surface area contributed by atoms with Crippen molar-refractivity contribution in [2.24, 2.45) is 0 Å². The summed E-state index contributed by atoms with van der Waals surface area (Å²) in [6.07, 6.45) is 1.73. The number of aromatic nitrogens is 1. The van der Waals surface area contributed by atoms with Crippen LogP contribution < -0.4 is 15.8 Å². The molecule has 5 heteroatoms. The number of anilines is 1. The first-order chi connectivity index (χ1) is 9.58. The van der Waals surface area contributed by atoms with Gasteiger partial charge in [-0.05, 0) is 59.2 Å². The summed E-state index contributed by atoms with van der Waals surface area (Å²) in [4.78, 5) is 4.19. The van der Waals surface area contributed by atoms with Crippen LogP contribution in [-0.4, -0.2) is 19.1 Å². The summed E-state index contributed by atoms with van der Waals surface area (Å²) in [5, 5.41) is 3.30. The lowest BCUT2D eigenvalue weighted by atomic mass is 9.96. The third-order valence-corrected chi connectivity index (χ3v) is 3.95. The van der Waals surface area contributed by atoms with Crippen molar-refractivity contribution in [3.8, 4) is 5.75 Å². The molecule has 1 aromatic heterocycles. The van der Waals surface area contributed by atoms with Gasteiger partial charge in [-0.15, -0.1) is 0 Å². The Hall–Kier alpha value is -1.59. The highest BCUT2D eigenvalue weighted by atomic mass is 79.9. The Morgan fingerprint density at radius 3 is 2.65 bits per heavy atom. The molecule has 0 aliphatic rings. The molecule has 106 valence electrons. The van der Waals surface area contributed by atoms with Crippen LogP contribution in [0.2, 0.25) is 0 Å².